The maximum atomic E-state index is 12.5. The molecule has 1 aromatic heterocycles. The summed E-state index contributed by atoms with van der Waals surface area (Å²) in [5, 5.41) is 8.18. The maximum Gasteiger partial charge on any atom is 0.244 e. The number of hydrogen-bond acceptors (Lipinski definition) is 7. The summed E-state index contributed by atoms with van der Waals surface area (Å²) >= 11 is 0. The molecule has 3 aromatic rings. The van der Waals surface area contributed by atoms with Gasteiger partial charge >= 0.3 is 0 Å². The summed E-state index contributed by atoms with van der Waals surface area (Å²) in [7, 11) is -0.882. The summed E-state index contributed by atoms with van der Waals surface area (Å²) in [6, 6.07) is 16.0. The minimum absolute atomic E-state index is 0.0213. The van der Waals surface area contributed by atoms with Crippen LogP contribution < -0.4 is 18.9 Å². The van der Waals surface area contributed by atoms with Crippen LogP contribution in [0.25, 0.3) is 11.3 Å². The molecular weight excluding hydrogens is 406 g/mol. The fourth-order valence-electron chi connectivity index (χ4n) is 2.68. The van der Waals surface area contributed by atoms with Crippen molar-refractivity contribution in [2.24, 2.45) is 0 Å². The minimum Gasteiger partial charge on any atom is -0.497 e. The summed E-state index contributed by atoms with van der Waals surface area (Å²) in [4.78, 5) is 0.0213. The Labute approximate surface area is 175 Å². The topological polar surface area (TPSA) is 99.6 Å². The predicted molar refractivity (Wildman–Crippen MR) is 112 cm³/mol. The quantitative estimate of drug-likeness (QED) is 0.522. The third-order valence-electron chi connectivity index (χ3n) is 4.29. The van der Waals surface area contributed by atoms with Crippen molar-refractivity contribution in [2.45, 2.75) is 11.8 Å². The zero-order chi connectivity index (χ0) is 21.6. The molecule has 0 aliphatic rings. The van der Waals surface area contributed by atoms with Crippen molar-refractivity contribution in [3.63, 3.8) is 0 Å². The van der Waals surface area contributed by atoms with E-state index in [0.717, 1.165) is 11.3 Å². The summed E-state index contributed by atoms with van der Waals surface area (Å²) in [6.07, 6.45) is 0. The Morgan fingerprint density at radius 1 is 0.933 bits per heavy atom. The van der Waals surface area contributed by atoms with E-state index in [9.17, 15) is 8.42 Å². The van der Waals surface area contributed by atoms with Crippen LogP contribution in [0.3, 0.4) is 0 Å². The first-order valence-corrected chi connectivity index (χ1v) is 10.7. The lowest BCUT2D eigenvalue weighted by molar-refractivity contribution is 0.307. The van der Waals surface area contributed by atoms with Crippen LogP contribution in [0.2, 0.25) is 0 Å². The van der Waals surface area contributed by atoms with Crippen LogP contribution in [0.4, 0.5) is 0 Å². The summed E-state index contributed by atoms with van der Waals surface area (Å²) in [5.41, 5.74) is 2.86. The van der Waals surface area contributed by atoms with Gasteiger partial charge in [0.05, 0.1) is 19.9 Å². The molecule has 8 nitrogen and oxygen atoms in total. The first kappa shape index (κ1) is 21.5. The highest BCUT2D eigenvalue weighted by Crippen LogP contribution is 2.28. The Kier molecular flexibility index (Phi) is 6.86. The maximum absolute atomic E-state index is 12.5. The van der Waals surface area contributed by atoms with Crippen LogP contribution in [0.15, 0.2) is 59.5 Å². The molecule has 30 heavy (non-hydrogen) atoms. The van der Waals surface area contributed by atoms with Crippen LogP contribution in [0.5, 0.6) is 17.4 Å². The van der Waals surface area contributed by atoms with Crippen molar-refractivity contribution in [2.75, 3.05) is 27.4 Å². The number of methoxy groups -OCH3 is 2. The lowest BCUT2D eigenvalue weighted by Crippen LogP contribution is -2.28. The van der Waals surface area contributed by atoms with Gasteiger partial charge in [0.1, 0.15) is 23.0 Å². The highest BCUT2D eigenvalue weighted by molar-refractivity contribution is 7.89. The van der Waals surface area contributed by atoms with Crippen molar-refractivity contribution in [1.82, 2.24) is 14.9 Å². The molecule has 0 aliphatic carbocycles. The van der Waals surface area contributed by atoms with E-state index in [-0.39, 0.29) is 23.8 Å². The van der Waals surface area contributed by atoms with Crippen LogP contribution in [-0.4, -0.2) is 46.0 Å². The predicted octanol–water partition coefficient (Wildman–Crippen LogP) is 2.83. The fraction of sp³-hybridized carbons (Fsp3) is 0.238. The van der Waals surface area contributed by atoms with Gasteiger partial charge in [-0.15, -0.1) is 10.2 Å². The van der Waals surface area contributed by atoms with E-state index < -0.39 is 10.0 Å². The van der Waals surface area contributed by atoms with E-state index in [4.69, 9.17) is 14.2 Å². The fourth-order valence-corrected chi connectivity index (χ4v) is 3.84. The second kappa shape index (κ2) is 9.55. The van der Waals surface area contributed by atoms with Crippen LogP contribution in [-0.2, 0) is 10.0 Å². The number of ether oxygens (including phenoxy) is 3. The molecule has 0 atom stereocenters. The van der Waals surface area contributed by atoms with Gasteiger partial charge in [-0.2, -0.15) is 0 Å². The molecule has 0 spiro atoms. The van der Waals surface area contributed by atoms with Crippen LogP contribution in [0.1, 0.15) is 5.56 Å². The molecule has 1 heterocycles. The molecular formula is C21H23N3O5S. The number of sulfonamides is 1. The first-order valence-electron chi connectivity index (χ1n) is 9.18. The van der Waals surface area contributed by atoms with E-state index in [0.29, 0.717) is 11.6 Å². The summed E-state index contributed by atoms with van der Waals surface area (Å²) in [6.45, 7) is 2.17. The van der Waals surface area contributed by atoms with E-state index in [2.05, 4.69) is 14.9 Å². The number of rotatable bonds is 9. The zero-order valence-electron chi connectivity index (χ0n) is 17.0. The number of aromatic nitrogens is 2. The molecule has 0 aliphatic heterocycles. The number of nitrogens with one attached hydrogen (secondary N) is 1. The minimum atomic E-state index is -3.78. The smallest absolute Gasteiger partial charge is 0.244 e. The van der Waals surface area contributed by atoms with Gasteiger partial charge in [-0.3, -0.25) is 0 Å². The summed E-state index contributed by atoms with van der Waals surface area (Å²) in [5.74, 6) is 1.01. The second-order valence-electron chi connectivity index (χ2n) is 6.39. The van der Waals surface area contributed by atoms with Gasteiger partial charge in [0.2, 0.25) is 15.9 Å². The zero-order valence-corrected chi connectivity index (χ0v) is 17.8. The van der Waals surface area contributed by atoms with Gasteiger partial charge in [0, 0.05) is 24.2 Å². The van der Waals surface area contributed by atoms with E-state index in [1.165, 1.54) is 31.9 Å². The molecule has 3 rings (SSSR count). The number of nitrogens with zero attached hydrogens (tertiary/aromatic N) is 2. The third-order valence-corrected chi connectivity index (χ3v) is 5.79. The molecule has 0 saturated heterocycles. The molecule has 158 valence electrons. The standard InChI is InChI=1S/C21H23N3O5S/c1-15-4-6-16(7-5-15)18-9-11-21(24-23-18)29-13-12-22-30(25,26)20-10-8-17(27-2)14-19(20)28-3/h4-11,14,22H,12-13H2,1-3H3. The van der Waals surface area contributed by atoms with Gasteiger partial charge in [0.25, 0.3) is 0 Å². The molecule has 0 fully saturated rings. The Bertz CT molecular complexity index is 1080. The van der Waals surface area contributed by atoms with Crippen molar-refractivity contribution in [3.8, 4) is 28.6 Å². The second-order valence-corrected chi connectivity index (χ2v) is 8.12. The van der Waals surface area contributed by atoms with Crippen molar-refractivity contribution >= 4 is 10.0 Å². The normalized spacial score (nSPS) is 11.2. The van der Waals surface area contributed by atoms with Gasteiger partial charge < -0.3 is 14.2 Å². The Morgan fingerprint density at radius 2 is 1.70 bits per heavy atom. The van der Waals surface area contributed by atoms with Crippen LogP contribution in [0, 0.1) is 6.92 Å². The number of benzene rings is 2. The largest absolute Gasteiger partial charge is 0.497 e. The molecule has 0 amide bonds. The molecule has 0 bridgehead atoms. The average molecular weight is 429 g/mol. The van der Waals surface area contributed by atoms with E-state index in [1.54, 1.807) is 18.2 Å². The Hall–Kier alpha value is -3.17. The number of hydrogen-bond donors (Lipinski definition) is 1. The summed E-state index contributed by atoms with van der Waals surface area (Å²) < 4.78 is 43.3. The van der Waals surface area contributed by atoms with Gasteiger partial charge in [-0.25, -0.2) is 13.1 Å². The average Bonchev–Trinajstić information content (AvgIpc) is 2.77. The molecule has 0 saturated carbocycles. The van der Waals surface area contributed by atoms with Gasteiger partial charge in [-0.05, 0) is 25.1 Å². The van der Waals surface area contributed by atoms with E-state index in [1.807, 2.05) is 31.2 Å². The highest BCUT2D eigenvalue weighted by Gasteiger charge is 2.19. The monoisotopic (exact) mass is 429 g/mol. The Balaban J connectivity index is 1.56. The van der Waals surface area contributed by atoms with Crippen molar-refractivity contribution < 1.29 is 22.6 Å². The van der Waals surface area contributed by atoms with E-state index >= 15 is 0 Å². The van der Waals surface area contributed by atoms with Crippen molar-refractivity contribution in [1.29, 1.82) is 0 Å². The highest BCUT2D eigenvalue weighted by atomic mass is 32.2. The molecule has 0 radical (unpaired) electrons. The van der Waals surface area contributed by atoms with Gasteiger partial charge in [0.15, 0.2) is 0 Å². The molecule has 9 heteroatoms. The SMILES string of the molecule is COc1ccc(S(=O)(=O)NCCOc2ccc(-c3ccc(C)cc3)nn2)c(OC)c1. The van der Waals surface area contributed by atoms with Crippen LogP contribution >= 0.6 is 0 Å². The van der Waals surface area contributed by atoms with Gasteiger partial charge in [-0.1, -0.05) is 29.8 Å². The first-order chi connectivity index (χ1) is 14.4. The molecule has 1 N–H and O–H groups in total. The lowest BCUT2D eigenvalue weighted by Gasteiger charge is -2.12. The Morgan fingerprint density at radius 3 is 2.33 bits per heavy atom. The van der Waals surface area contributed by atoms with Crippen molar-refractivity contribution in [3.05, 3.63) is 60.2 Å². The molecule has 0 unspecified atom stereocenters. The lowest BCUT2D eigenvalue weighted by atomic mass is 10.1. The third kappa shape index (κ3) is 5.25. The molecule has 2 aromatic carbocycles. The number of aryl methyl sites for hydroxylation is 1.